The van der Waals surface area contributed by atoms with E-state index < -0.39 is 11.6 Å². The molecule has 2 N–H and O–H groups in total. The summed E-state index contributed by atoms with van der Waals surface area (Å²) in [5.74, 6) is -1.14. The van der Waals surface area contributed by atoms with Gasteiger partial charge < -0.3 is 15.3 Å². The summed E-state index contributed by atoms with van der Waals surface area (Å²) >= 11 is 12.4. The van der Waals surface area contributed by atoms with Gasteiger partial charge in [-0.15, -0.1) is 0 Å². The van der Waals surface area contributed by atoms with E-state index in [1.54, 1.807) is 6.07 Å². The minimum atomic E-state index is -0.490. The molecule has 4 rings (SSSR count). The van der Waals surface area contributed by atoms with Crippen molar-refractivity contribution in [1.82, 2.24) is 4.90 Å². The summed E-state index contributed by atoms with van der Waals surface area (Å²) in [6.07, 6.45) is 3.41. The van der Waals surface area contributed by atoms with Crippen molar-refractivity contribution >= 4 is 40.5 Å². The number of halogens is 2. The molecular weight excluding hydrogens is 399 g/mol. The first-order valence-electron chi connectivity index (χ1n) is 9.38. The van der Waals surface area contributed by atoms with Crippen molar-refractivity contribution in [2.75, 3.05) is 31.5 Å². The van der Waals surface area contributed by atoms with Crippen molar-refractivity contribution in [3.8, 4) is 5.75 Å². The van der Waals surface area contributed by atoms with Gasteiger partial charge in [-0.2, -0.15) is 0 Å². The monoisotopic (exact) mass is 418 g/mol. The Kier molecular flexibility index (Phi) is 5.32. The number of carbonyl (C=O) groups excluding carboxylic acids is 2. The molecule has 1 saturated heterocycles. The molecule has 0 unspecified atom stereocenters. The number of phenols is 1. The molecule has 0 bridgehead atoms. The number of anilines is 1. The van der Waals surface area contributed by atoms with Crippen LogP contribution in [-0.4, -0.2) is 47.8 Å². The van der Waals surface area contributed by atoms with E-state index in [-0.39, 0.29) is 38.0 Å². The van der Waals surface area contributed by atoms with Gasteiger partial charge in [-0.3, -0.25) is 9.59 Å². The fraction of sp³-hybridized carbons (Fsp3) is 0.333. The molecule has 2 aromatic carbocycles. The van der Waals surface area contributed by atoms with Crippen molar-refractivity contribution in [3.05, 3.63) is 56.6 Å². The van der Waals surface area contributed by atoms with Gasteiger partial charge in [0.25, 0.3) is 0 Å². The molecule has 5 nitrogen and oxygen atoms in total. The molecule has 2 aliphatic rings. The number of nitrogens with one attached hydrogen (secondary N) is 1. The summed E-state index contributed by atoms with van der Waals surface area (Å²) in [7, 11) is 0. The fourth-order valence-electron chi connectivity index (χ4n) is 3.98. The number of fused-ring (bicyclic) bond motifs is 2. The zero-order valence-electron chi connectivity index (χ0n) is 15.2. The molecule has 146 valence electrons. The minimum absolute atomic E-state index is 0.0220. The average Bonchev–Trinajstić information content (AvgIpc) is 3.19. The van der Waals surface area contributed by atoms with Gasteiger partial charge in [0.05, 0.1) is 32.3 Å². The van der Waals surface area contributed by atoms with Crippen molar-refractivity contribution < 1.29 is 14.7 Å². The highest BCUT2D eigenvalue weighted by atomic mass is 35.5. The molecule has 7 heteroatoms. The quantitative estimate of drug-likeness (QED) is 0.475. The number of hydrogen-bond acceptors (Lipinski definition) is 5. The Morgan fingerprint density at radius 3 is 2.14 bits per heavy atom. The number of rotatable bonds is 5. The van der Waals surface area contributed by atoms with Crippen molar-refractivity contribution in [1.29, 1.82) is 0 Å². The topological polar surface area (TPSA) is 69.6 Å². The normalized spacial score (nSPS) is 16.2. The highest BCUT2D eigenvalue weighted by Gasteiger charge is 2.37. The van der Waals surface area contributed by atoms with Gasteiger partial charge in [0.15, 0.2) is 11.6 Å². The number of carbonyl (C=O) groups is 2. The molecule has 0 spiro atoms. The Balaban J connectivity index is 1.64. The average molecular weight is 419 g/mol. The van der Waals surface area contributed by atoms with Crippen molar-refractivity contribution in [2.45, 2.75) is 19.3 Å². The molecule has 28 heavy (non-hydrogen) atoms. The number of likely N-dealkylation sites (tertiary alicyclic amines) is 1. The first kappa shape index (κ1) is 19.2. The van der Waals surface area contributed by atoms with Gasteiger partial charge in [-0.25, -0.2) is 0 Å². The molecule has 1 fully saturated rings. The maximum atomic E-state index is 13.2. The fourth-order valence-corrected chi connectivity index (χ4v) is 4.47. The number of hydrogen-bond donors (Lipinski definition) is 2. The molecule has 1 aliphatic heterocycles. The second-order valence-electron chi connectivity index (χ2n) is 7.15. The van der Waals surface area contributed by atoms with E-state index in [0.717, 1.165) is 26.1 Å². The van der Waals surface area contributed by atoms with Gasteiger partial charge in [0.1, 0.15) is 5.75 Å². The summed E-state index contributed by atoms with van der Waals surface area (Å²) < 4.78 is 0. The highest BCUT2D eigenvalue weighted by molar-refractivity contribution is 6.44. The molecule has 2 aromatic rings. The van der Waals surface area contributed by atoms with Crippen LogP contribution in [0.25, 0.3) is 0 Å². The first-order valence-corrected chi connectivity index (χ1v) is 10.1. The summed E-state index contributed by atoms with van der Waals surface area (Å²) in [5, 5.41) is 13.9. The Morgan fingerprint density at radius 2 is 1.50 bits per heavy atom. The van der Waals surface area contributed by atoms with Crippen LogP contribution in [0.15, 0.2) is 24.3 Å². The molecule has 1 heterocycles. The highest BCUT2D eigenvalue weighted by Crippen LogP contribution is 2.41. The van der Waals surface area contributed by atoms with Crippen LogP contribution in [0.3, 0.4) is 0 Å². The van der Waals surface area contributed by atoms with Gasteiger partial charge in [-0.1, -0.05) is 23.2 Å². The van der Waals surface area contributed by atoms with E-state index in [1.165, 1.54) is 31.0 Å². The predicted octanol–water partition coefficient (Wildman–Crippen LogP) is 4.37. The van der Waals surface area contributed by atoms with E-state index in [4.69, 9.17) is 23.2 Å². The summed E-state index contributed by atoms with van der Waals surface area (Å²) in [4.78, 5) is 28.6. The SMILES string of the molecule is O=C1c2c(O)ccc(NCCCN3CCCC3)c2C(=O)c2c(Cl)ccc(Cl)c21. The van der Waals surface area contributed by atoms with E-state index >= 15 is 0 Å². The number of ketones is 2. The Labute approximate surface area is 173 Å². The Hall–Kier alpha value is -2.08. The molecule has 0 radical (unpaired) electrons. The van der Waals surface area contributed by atoms with Gasteiger partial charge in [0, 0.05) is 12.2 Å². The number of nitrogens with zero attached hydrogens (tertiary/aromatic N) is 1. The minimum Gasteiger partial charge on any atom is -0.507 e. The molecular formula is C21H20Cl2N2O3. The predicted molar refractivity (Wildman–Crippen MR) is 110 cm³/mol. The van der Waals surface area contributed by atoms with Gasteiger partial charge >= 0.3 is 0 Å². The van der Waals surface area contributed by atoms with E-state index in [1.807, 2.05) is 0 Å². The second kappa shape index (κ2) is 7.74. The number of benzene rings is 2. The zero-order chi connectivity index (χ0) is 19.8. The lowest BCUT2D eigenvalue weighted by atomic mass is 9.82. The Morgan fingerprint density at radius 1 is 0.893 bits per heavy atom. The maximum Gasteiger partial charge on any atom is 0.199 e. The lowest BCUT2D eigenvalue weighted by Crippen LogP contribution is -2.25. The van der Waals surface area contributed by atoms with Gasteiger partial charge in [0.2, 0.25) is 0 Å². The number of phenolic OH excluding ortho intramolecular Hbond substituents is 1. The van der Waals surface area contributed by atoms with E-state index in [9.17, 15) is 14.7 Å². The third kappa shape index (κ3) is 3.28. The first-order chi connectivity index (χ1) is 13.5. The molecule has 0 aromatic heterocycles. The van der Waals surface area contributed by atoms with Crippen LogP contribution in [0.2, 0.25) is 10.0 Å². The molecule has 0 amide bonds. The second-order valence-corrected chi connectivity index (χ2v) is 7.96. The zero-order valence-corrected chi connectivity index (χ0v) is 16.7. The summed E-state index contributed by atoms with van der Waals surface area (Å²) in [6, 6.07) is 6.04. The number of aromatic hydroxyl groups is 1. The third-order valence-corrected chi connectivity index (χ3v) is 5.99. The molecule has 0 atom stereocenters. The van der Waals surface area contributed by atoms with Crippen LogP contribution in [-0.2, 0) is 0 Å². The van der Waals surface area contributed by atoms with Crippen LogP contribution in [0, 0.1) is 0 Å². The standard InChI is InChI=1S/C21H20Cl2N2O3/c22-12-4-5-13(23)17-16(12)20(27)18-14(6-7-15(26)19(18)21(17)28)24-8-3-11-25-9-1-2-10-25/h4-7,24,26H,1-3,8-11H2. The third-order valence-electron chi connectivity index (χ3n) is 5.36. The van der Waals surface area contributed by atoms with Crippen molar-refractivity contribution in [2.24, 2.45) is 0 Å². The van der Waals surface area contributed by atoms with E-state index in [2.05, 4.69) is 10.2 Å². The molecule has 0 saturated carbocycles. The van der Waals surface area contributed by atoms with Crippen LogP contribution in [0.1, 0.15) is 51.1 Å². The summed E-state index contributed by atoms with van der Waals surface area (Å²) in [6.45, 7) is 3.92. The Bertz CT molecular complexity index is 969. The van der Waals surface area contributed by atoms with Crippen LogP contribution < -0.4 is 5.32 Å². The largest absolute Gasteiger partial charge is 0.507 e. The van der Waals surface area contributed by atoms with Crippen LogP contribution >= 0.6 is 23.2 Å². The lowest BCUT2D eigenvalue weighted by molar-refractivity contribution is 0.0977. The smallest absolute Gasteiger partial charge is 0.199 e. The van der Waals surface area contributed by atoms with E-state index in [0.29, 0.717) is 12.2 Å². The van der Waals surface area contributed by atoms with Gasteiger partial charge in [-0.05, 0) is 63.2 Å². The maximum absolute atomic E-state index is 13.2. The van der Waals surface area contributed by atoms with Crippen molar-refractivity contribution in [3.63, 3.8) is 0 Å². The summed E-state index contributed by atoms with van der Waals surface area (Å²) in [5.41, 5.74) is 0.800. The lowest BCUT2D eigenvalue weighted by Gasteiger charge is -2.23. The molecule has 1 aliphatic carbocycles. The van der Waals surface area contributed by atoms with Crippen LogP contribution in [0.4, 0.5) is 5.69 Å². The van der Waals surface area contributed by atoms with Crippen LogP contribution in [0.5, 0.6) is 5.75 Å².